The predicted octanol–water partition coefficient (Wildman–Crippen LogP) is 0.791. The first-order valence-electron chi connectivity index (χ1n) is 5.02. The van der Waals surface area contributed by atoms with Gasteiger partial charge in [-0.15, -0.1) is 6.42 Å². The monoisotopic (exact) mass is 236 g/mol. The average Bonchev–Trinajstić information content (AvgIpc) is 2.34. The molecular weight excluding hydrogens is 223 g/mol. The molecule has 90 valence electrons. The number of rotatable bonds is 4. The van der Waals surface area contributed by atoms with E-state index < -0.39 is 18.0 Å². The number of carbonyl (C=O) groups is 1. The van der Waals surface area contributed by atoms with Crippen molar-refractivity contribution < 1.29 is 14.3 Å². The first-order chi connectivity index (χ1) is 8.15. The van der Waals surface area contributed by atoms with E-state index in [9.17, 15) is 14.3 Å². The molecule has 0 aliphatic rings. The van der Waals surface area contributed by atoms with Gasteiger partial charge in [0.05, 0.1) is 12.6 Å². The first-order valence-corrected chi connectivity index (χ1v) is 5.02. The molecule has 0 bridgehead atoms. The number of halogens is 1. The van der Waals surface area contributed by atoms with Crippen LogP contribution in [0.4, 0.5) is 9.18 Å². The van der Waals surface area contributed by atoms with Gasteiger partial charge in [0.25, 0.3) is 0 Å². The average molecular weight is 236 g/mol. The maximum absolute atomic E-state index is 13.3. The number of carbonyl (C=O) groups excluding carboxylic acids is 1. The topological polar surface area (TPSA) is 61.4 Å². The summed E-state index contributed by atoms with van der Waals surface area (Å²) in [6.07, 6.45) is 3.86. The summed E-state index contributed by atoms with van der Waals surface area (Å²) in [4.78, 5) is 11.1. The second kappa shape index (κ2) is 6.51. The summed E-state index contributed by atoms with van der Waals surface area (Å²) in [5, 5.41) is 14.4. The Bertz CT molecular complexity index is 429. The molecule has 0 aliphatic heterocycles. The molecule has 0 spiro atoms. The van der Waals surface area contributed by atoms with E-state index in [2.05, 4.69) is 16.6 Å². The molecule has 1 rings (SSSR count). The van der Waals surface area contributed by atoms with E-state index in [1.165, 1.54) is 18.2 Å². The van der Waals surface area contributed by atoms with Gasteiger partial charge in [-0.1, -0.05) is 24.1 Å². The van der Waals surface area contributed by atoms with E-state index in [0.717, 1.165) is 0 Å². The highest BCUT2D eigenvalue weighted by Gasteiger charge is 2.12. The number of amides is 2. The predicted molar refractivity (Wildman–Crippen MR) is 61.6 cm³/mol. The second-order valence-corrected chi connectivity index (χ2v) is 3.31. The lowest BCUT2D eigenvalue weighted by atomic mass is 10.1. The molecule has 1 unspecified atom stereocenters. The van der Waals surface area contributed by atoms with Gasteiger partial charge in [0.1, 0.15) is 5.82 Å². The van der Waals surface area contributed by atoms with E-state index in [1.54, 1.807) is 6.07 Å². The maximum Gasteiger partial charge on any atom is 0.315 e. The molecule has 0 aromatic heterocycles. The molecule has 1 atom stereocenters. The molecule has 0 saturated carbocycles. The summed E-state index contributed by atoms with van der Waals surface area (Å²) < 4.78 is 13.3. The lowest BCUT2D eigenvalue weighted by Gasteiger charge is -2.12. The zero-order chi connectivity index (χ0) is 12.7. The number of urea groups is 1. The molecule has 0 aliphatic carbocycles. The van der Waals surface area contributed by atoms with E-state index in [1.807, 2.05) is 0 Å². The SMILES string of the molecule is C#CCNC(=O)NCC(O)c1ccccc1F. The Balaban J connectivity index is 2.45. The summed E-state index contributed by atoms with van der Waals surface area (Å²) >= 11 is 0. The van der Waals surface area contributed by atoms with Gasteiger partial charge < -0.3 is 15.7 Å². The highest BCUT2D eigenvalue weighted by Crippen LogP contribution is 2.15. The Labute approximate surface area is 98.8 Å². The number of terminal acetylenes is 1. The van der Waals surface area contributed by atoms with Crippen LogP contribution >= 0.6 is 0 Å². The number of nitrogens with one attached hydrogen (secondary N) is 2. The molecule has 5 heteroatoms. The summed E-state index contributed by atoms with van der Waals surface area (Å²) in [5.41, 5.74) is 0.143. The van der Waals surface area contributed by atoms with Crippen LogP contribution in [0.5, 0.6) is 0 Å². The van der Waals surface area contributed by atoms with Crippen LogP contribution in [0.15, 0.2) is 24.3 Å². The smallest absolute Gasteiger partial charge is 0.315 e. The second-order valence-electron chi connectivity index (χ2n) is 3.31. The Morgan fingerprint density at radius 2 is 2.18 bits per heavy atom. The van der Waals surface area contributed by atoms with Crippen LogP contribution in [0, 0.1) is 18.2 Å². The van der Waals surface area contributed by atoms with Crippen molar-refractivity contribution >= 4 is 6.03 Å². The van der Waals surface area contributed by atoms with E-state index in [4.69, 9.17) is 6.42 Å². The Hall–Kier alpha value is -2.06. The minimum atomic E-state index is -1.09. The van der Waals surface area contributed by atoms with E-state index in [0.29, 0.717) is 0 Å². The Kier molecular flexibility index (Phi) is 4.98. The zero-order valence-electron chi connectivity index (χ0n) is 9.11. The van der Waals surface area contributed by atoms with Crippen molar-refractivity contribution in [2.75, 3.05) is 13.1 Å². The summed E-state index contributed by atoms with van der Waals surface area (Å²) in [6.45, 7) is 0.0129. The third-order valence-electron chi connectivity index (χ3n) is 2.07. The minimum absolute atomic E-state index is 0.0860. The molecule has 3 N–H and O–H groups in total. The van der Waals surface area contributed by atoms with Crippen molar-refractivity contribution in [3.63, 3.8) is 0 Å². The lowest BCUT2D eigenvalue weighted by molar-refractivity contribution is 0.169. The number of aliphatic hydroxyl groups is 1. The summed E-state index contributed by atoms with van der Waals surface area (Å²) in [5.74, 6) is 1.72. The van der Waals surface area contributed by atoms with Gasteiger partial charge >= 0.3 is 6.03 Å². The van der Waals surface area contributed by atoms with Gasteiger partial charge in [-0.25, -0.2) is 9.18 Å². The summed E-state index contributed by atoms with van der Waals surface area (Å²) in [6, 6.07) is 5.34. The Morgan fingerprint density at radius 1 is 1.47 bits per heavy atom. The van der Waals surface area contributed by atoms with Gasteiger partial charge in [0.2, 0.25) is 0 Å². The van der Waals surface area contributed by atoms with Crippen molar-refractivity contribution in [3.8, 4) is 12.3 Å². The van der Waals surface area contributed by atoms with Crippen LogP contribution in [0.3, 0.4) is 0 Å². The largest absolute Gasteiger partial charge is 0.386 e. The standard InChI is InChI=1S/C12H13FN2O2/c1-2-7-14-12(17)15-8-11(16)9-5-3-4-6-10(9)13/h1,3-6,11,16H,7-8H2,(H2,14,15,17). The van der Waals surface area contributed by atoms with E-state index >= 15 is 0 Å². The van der Waals surface area contributed by atoms with Crippen molar-refractivity contribution in [2.24, 2.45) is 0 Å². The number of aliphatic hydroxyl groups excluding tert-OH is 1. The third-order valence-corrected chi connectivity index (χ3v) is 2.07. The van der Waals surface area contributed by atoms with Gasteiger partial charge in [0, 0.05) is 12.1 Å². The fraction of sp³-hybridized carbons (Fsp3) is 0.250. The van der Waals surface area contributed by atoms with Crippen LogP contribution in [-0.4, -0.2) is 24.2 Å². The normalized spacial score (nSPS) is 11.4. The molecule has 4 nitrogen and oxygen atoms in total. The highest BCUT2D eigenvalue weighted by molar-refractivity contribution is 5.74. The fourth-order valence-electron chi connectivity index (χ4n) is 1.24. The molecule has 0 saturated heterocycles. The lowest BCUT2D eigenvalue weighted by Crippen LogP contribution is -2.38. The van der Waals surface area contributed by atoms with Gasteiger partial charge in [0.15, 0.2) is 0 Å². The molecule has 17 heavy (non-hydrogen) atoms. The highest BCUT2D eigenvalue weighted by atomic mass is 19.1. The molecule has 0 heterocycles. The number of hydrogen-bond donors (Lipinski definition) is 3. The molecule has 1 aromatic rings. The first kappa shape index (κ1) is 13.0. The van der Waals surface area contributed by atoms with Gasteiger partial charge in [-0.2, -0.15) is 0 Å². The third kappa shape index (κ3) is 4.13. The molecular formula is C12H13FN2O2. The van der Waals surface area contributed by atoms with Crippen LogP contribution < -0.4 is 10.6 Å². The number of benzene rings is 1. The van der Waals surface area contributed by atoms with Crippen molar-refractivity contribution in [2.45, 2.75) is 6.10 Å². The van der Waals surface area contributed by atoms with Gasteiger partial charge in [-0.05, 0) is 6.07 Å². The zero-order valence-corrected chi connectivity index (χ0v) is 9.11. The minimum Gasteiger partial charge on any atom is -0.386 e. The van der Waals surface area contributed by atoms with Crippen LogP contribution in [0.25, 0.3) is 0 Å². The van der Waals surface area contributed by atoms with Crippen molar-refractivity contribution in [1.82, 2.24) is 10.6 Å². The van der Waals surface area contributed by atoms with Crippen LogP contribution in [0.2, 0.25) is 0 Å². The quantitative estimate of drug-likeness (QED) is 0.677. The maximum atomic E-state index is 13.3. The molecule has 1 aromatic carbocycles. The molecule has 2 amide bonds. The molecule has 0 radical (unpaired) electrons. The van der Waals surface area contributed by atoms with Crippen molar-refractivity contribution in [3.05, 3.63) is 35.6 Å². The van der Waals surface area contributed by atoms with Gasteiger partial charge in [-0.3, -0.25) is 0 Å². The Morgan fingerprint density at radius 3 is 2.82 bits per heavy atom. The van der Waals surface area contributed by atoms with Crippen LogP contribution in [0.1, 0.15) is 11.7 Å². The van der Waals surface area contributed by atoms with Crippen LogP contribution in [-0.2, 0) is 0 Å². The summed E-state index contributed by atoms with van der Waals surface area (Å²) in [7, 11) is 0. The number of hydrogen-bond acceptors (Lipinski definition) is 2. The fourth-order valence-corrected chi connectivity index (χ4v) is 1.24. The molecule has 0 fully saturated rings. The van der Waals surface area contributed by atoms with Crippen molar-refractivity contribution in [1.29, 1.82) is 0 Å². The van der Waals surface area contributed by atoms with E-state index in [-0.39, 0.29) is 18.7 Å².